The van der Waals surface area contributed by atoms with E-state index in [1.54, 1.807) is 19.1 Å². The van der Waals surface area contributed by atoms with Crippen LogP contribution in [-0.4, -0.2) is 34.1 Å². The number of anilines is 1. The van der Waals surface area contributed by atoms with E-state index >= 15 is 0 Å². The van der Waals surface area contributed by atoms with Crippen molar-refractivity contribution in [1.82, 2.24) is 9.97 Å². The van der Waals surface area contributed by atoms with Crippen LogP contribution in [-0.2, 0) is 0 Å². The summed E-state index contributed by atoms with van der Waals surface area (Å²) in [6.07, 6.45) is 2.79. The van der Waals surface area contributed by atoms with Gasteiger partial charge in [0.25, 0.3) is 5.91 Å². The van der Waals surface area contributed by atoms with E-state index in [4.69, 9.17) is 9.84 Å². The number of aromatic nitrogens is 2. The minimum absolute atomic E-state index is 0.0415. The molecule has 0 bridgehead atoms. The topological polar surface area (TPSA) is 104 Å². The average Bonchev–Trinajstić information content (AvgIpc) is 2.79. The Morgan fingerprint density at radius 3 is 2.70 bits per heavy atom. The Labute approximate surface area is 114 Å². The van der Waals surface area contributed by atoms with Crippen LogP contribution >= 0.6 is 0 Å². The summed E-state index contributed by atoms with van der Waals surface area (Å²) >= 11 is 0. The Balaban J connectivity index is 2.21. The number of rotatable bonds is 4. The van der Waals surface area contributed by atoms with Crippen molar-refractivity contribution >= 4 is 17.6 Å². The average molecular weight is 275 g/mol. The molecule has 0 spiro atoms. The Morgan fingerprint density at radius 1 is 1.40 bits per heavy atom. The number of pyridine rings is 1. The van der Waals surface area contributed by atoms with E-state index in [0.29, 0.717) is 17.1 Å². The molecule has 0 saturated carbocycles. The molecule has 0 radical (unpaired) electrons. The zero-order chi connectivity index (χ0) is 14.7. The Hall–Kier alpha value is -2.83. The van der Waals surface area contributed by atoms with Crippen molar-refractivity contribution in [2.75, 3.05) is 12.4 Å². The molecule has 2 aromatic heterocycles. The number of amides is 1. The zero-order valence-electron chi connectivity index (χ0n) is 10.9. The Morgan fingerprint density at radius 2 is 2.15 bits per heavy atom. The van der Waals surface area contributed by atoms with Gasteiger partial charge in [0.05, 0.1) is 18.4 Å². The number of aromatic amines is 1. The van der Waals surface area contributed by atoms with Crippen LogP contribution in [0, 0.1) is 6.92 Å². The number of hydrogen-bond donors (Lipinski definition) is 3. The molecule has 3 N–H and O–H groups in total. The minimum atomic E-state index is -1.10. The summed E-state index contributed by atoms with van der Waals surface area (Å²) in [5, 5.41) is 11.6. The number of carboxylic acids is 1. The van der Waals surface area contributed by atoms with Crippen LogP contribution in [0.1, 0.15) is 26.4 Å². The molecule has 20 heavy (non-hydrogen) atoms. The number of aromatic carboxylic acids is 1. The standard InChI is InChI=1S/C13H13N3O4/c1-7-11(13(18)19)9(6-14-7)16-12(17)8-3-4-10(20-2)15-5-8/h3-6,14H,1-2H3,(H,16,17)(H,18,19). The number of carboxylic acid groups (broad SMARTS) is 1. The SMILES string of the molecule is COc1ccc(C(=O)Nc2c[nH]c(C)c2C(=O)O)cn1. The molecule has 0 saturated heterocycles. The molecule has 0 aliphatic carbocycles. The molecular weight excluding hydrogens is 262 g/mol. The Bertz CT molecular complexity index is 646. The maximum absolute atomic E-state index is 12.0. The number of nitrogens with one attached hydrogen (secondary N) is 2. The van der Waals surface area contributed by atoms with Crippen LogP contribution < -0.4 is 10.1 Å². The fourth-order valence-electron chi connectivity index (χ4n) is 1.73. The smallest absolute Gasteiger partial charge is 0.339 e. The summed E-state index contributed by atoms with van der Waals surface area (Å²) in [7, 11) is 1.48. The van der Waals surface area contributed by atoms with Gasteiger partial charge in [-0.15, -0.1) is 0 Å². The van der Waals surface area contributed by atoms with Gasteiger partial charge in [-0.25, -0.2) is 9.78 Å². The molecule has 104 valence electrons. The summed E-state index contributed by atoms with van der Waals surface area (Å²) in [4.78, 5) is 29.8. The van der Waals surface area contributed by atoms with Gasteiger partial charge < -0.3 is 20.1 Å². The van der Waals surface area contributed by atoms with Crippen LogP contribution in [0.25, 0.3) is 0 Å². The first-order chi connectivity index (χ1) is 9.52. The first kappa shape index (κ1) is 13.6. The van der Waals surface area contributed by atoms with Crippen LogP contribution in [0.4, 0.5) is 5.69 Å². The van der Waals surface area contributed by atoms with Crippen molar-refractivity contribution in [1.29, 1.82) is 0 Å². The van der Waals surface area contributed by atoms with Crippen molar-refractivity contribution in [2.45, 2.75) is 6.92 Å². The number of ether oxygens (including phenoxy) is 1. The number of carbonyl (C=O) groups excluding carboxylic acids is 1. The zero-order valence-corrected chi connectivity index (χ0v) is 10.9. The first-order valence-electron chi connectivity index (χ1n) is 5.75. The molecule has 7 nitrogen and oxygen atoms in total. The highest BCUT2D eigenvalue weighted by Gasteiger charge is 2.17. The lowest BCUT2D eigenvalue weighted by molar-refractivity contribution is 0.0697. The lowest BCUT2D eigenvalue weighted by Crippen LogP contribution is -2.14. The van der Waals surface area contributed by atoms with E-state index in [9.17, 15) is 9.59 Å². The van der Waals surface area contributed by atoms with Crippen molar-refractivity contribution in [3.05, 3.63) is 41.3 Å². The minimum Gasteiger partial charge on any atom is -0.481 e. The number of H-pyrrole nitrogens is 1. The van der Waals surface area contributed by atoms with Gasteiger partial charge in [0.15, 0.2) is 0 Å². The number of aryl methyl sites for hydroxylation is 1. The third-order valence-electron chi connectivity index (χ3n) is 2.75. The summed E-state index contributed by atoms with van der Waals surface area (Å²) < 4.78 is 4.90. The molecule has 0 aliphatic rings. The highest BCUT2D eigenvalue weighted by molar-refractivity contribution is 6.08. The molecule has 0 atom stereocenters. The van der Waals surface area contributed by atoms with Crippen molar-refractivity contribution < 1.29 is 19.4 Å². The fourth-order valence-corrected chi connectivity index (χ4v) is 1.73. The lowest BCUT2D eigenvalue weighted by Gasteiger charge is -2.05. The summed E-state index contributed by atoms with van der Waals surface area (Å²) in [6, 6.07) is 3.09. The van der Waals surface area contributed by atoms with E-state index in [1.165, 1.54) is 19.5 Å². The number of carbonyl (C=O) groups is 2. The van der Waals surface area contributed by atoms with Gasteiger partial charge >= 0.3 is 5.97 Å². The molecular formula is C13H13N3O4. The van der Waals surface area contributed by atoms with Gasteiger partial charge in [-0.1, -0.05) is 0 Å². The first-order valence-corrected chi connectivity index (χ1v) is 5.75. The Kier molecular flexibility index (Phi) is 3.69. The van der Waals surface area contributed by atoms with Crippen molar-refractivity contribution in [3.8, 4) is 5.88 Å². The lowest BCUT2D eigenvalue weighted by atomic mass is 10.2. The van der Waals surface area contributed by atoms with Gasteiger partial charge in [-0.05, 0) is 13.0 Å². The predicted molar refractivity (Wildman–Crippen MR) is 71.2 cm³/mol. The monoisotopic (exact) mass is 275 g/mol. The highest BCUT2D eigenvalue weighted by atomic mass is 16.5. The molecule has 0 fully saturated rings. The van der Waals surface area contributed by atoms with E-state index in [-0.39, 0.29) is 11.3 Å². The molecule has 7 heteroatoms. The van der Waals surface area contributed by atoms with Crippen molar-refractivity contribution in [2.24, 2.45) is 0 Å². The second-order valence-corrected chi connectivity index (χ2v) is 4.05. The van der Waals surface area contributed by atoms with E-state index in [1.807, 2.05) is 0 Å². The largest absolute Gasteiger partial charge is 0.481 e. The second-order valence-electron chi connectivity index (χ2n) is 4.05. The summed E-state index contributed by atoms with van der Waals surface area (Å²) in [6.45, 7) is 1.62. The summed E-state index contributed by atoms with van der Waals surface area (Å²) in [5.74, 6) is -1.15. The van der Waals surface area contributed by atoms with Crippen LogP contribution in [0.3, 0.4) is 0 Å². The molecule has 1 amide bonds. The molecule has 0 unspecified atom stereocenters. The van der Waals surface area contributed by atoms with Gasteiger partial charge in [0, 0.05) is 24.2 Å². The van der Waals surface area contributed by atoms with Gasteiger partial charge in [0.2, 0.25) is 5.88 Å². The summed E-state index contributed by atoms with van der Waals surface area (Å²) in [5.41, 5.74) is 1.04. The van der Waals surface area contributed by atoms with E-state index in [2.05, 4.69) is 15.3 Å². The van der Waals surface area contributed by atoms with Gasteiger partial charge in [-0.3, -0.25) is 4.79 Å². The van der Waals surface area contributed by atoms with Gasteiger partial charge in [0.1, 0.15) is 5.56 Å². The fraction of sp³-hybridized carbons (Fsp3) is 0.154. The molecule has 2 aromatic rings. The quantitative estimate of drug-likeness (QED) is 0.787. The number of nitrogens with zero attached hydrogens (tertiary/aromatic N) is 1. The predicted octanol–water partition coefficient (Wildman–Crippen LogP) is 1.68. The molecule has 0 aliphatic heterocycles. The van der Waals surface area contributed by atoms with E-state index < -0.39 is 11.9 Å². The normalized spacial score (nSPS) is 10.1. The molecule has 2 heterocycles. The van der Waals surface area contributed by atoms with Crippen LogP contribution in [0.15, 0.2) is 24.5 Å². The number of hydrogen-bond acceptors (Lipinski definition) is 4. The van der Waals surface area contributed by atoms with E-state index in [0.717, 1.165) is 0 Å². The maximum Gasteiger partial charge on any atom is 0.339 e. The van der Waals surface area contributed by atoms with Crippen molar-refractivity contribution in [3.63, 3.8) is 0 Å². The second kappa shape index (κ2) is 5.43. The highest BCUT2D eigenvalue weighted by Crippen LogP contribution is 2.20. The third-order valence-corrected chi connectivity index (χ3v) is 2.75. The third kappa shape index (κ3) is 2.61. The maximum atomic E-state index is 12.0. The van der Waals surface area contributed by atoms with Crippen LogP contribution in [0.2, 0.25) is 0 Å². The van der Waals surface area contributed by atoms with Gasteiger partial charge in [-0.2, -0.15) is 0 Å². The molecule has 2 rings (SSSR count). The molecule has 0 aromatic carbocycles. The van der Waals surface area contributed by atoms with Crippen LogP contribution in [0.5, 0.6) is 5.88 Å². The number of methoxy groups -OCH3 is 1.